The van der Waals surface area contributed by atoms with Crippen LogP contribution in [0.1, 0.15) is 225 Å². The highest BCUT2D eigenvalue weighted by Gasteiger charge is 2.42. The maximum Gasteiger partial charge on any atom is 0.246 e. The van der Waals surface area contributed by atoms with Crippen molar-refractivity contribution in [3.05, 3.63) is 35.9 Å². The van der Waals surface area contributed by atoms with Gasteiger partial charge < -0.3 is 63.0 Å². The maximum absolute atomic E-state index is 14.7. The molecule has 534 valence electrons. The van der Waals surface area contributed by atoms with Gasteiger partial charge in [-0.1, -0.05) is 125 Å². The molecule has 1 aliphatic heterocycles. The van der Waals surface area contributed by atoms with Crippen LogP contribution in [-0.4, -0.2) is 177 Å². The molecule has 1 fully saturated rings. The van der Waals surface area contributed by atoms with E-state index in [1.165, 1.54) is 46.4 Å². The van der Waals surface area contributed by atoms with Gasteiger partial charge in [-0.2, -0.15) is 0 Å². The third kappa shape index (κ3) is 30.9. The molecule has 1 aromatic rings. The molecule has 0 spiro atoms. The topological polar surface area (TPSA) is 343 Å². The summed E-state index contributed by atoms with van der Waals surface area (Å²) in [4.78, 5) is 156. The number of likely N-dealkylation sites (tertiary alicyclic amines) is 1. The van der Waals surface area contributed by atoms with E-state index in [1.54, 1.807) is 13.8 Å². The van der Waals surface area contributed by atoms with Crippen molar-refractivity contribution in [3.8, 4) is 0 Å². The van der Waals surface area contributed by atoms with Gasteiger partial charge in [-0.3, -0.25) is 57.6 Å². The first-order valence-electron chi connectivity index (χ1n) is 34.6. The van der Waals surface area contributed by atoms with Gasteiger partial charge in [0, 0.05) is 64.4 Å². The third-order valence-corrected chi connectivity index (χ3v) is 16.9. The number of carbonyl (C=O) groups excluding carboxylic acids is 11. The number of aliphatic hydroxyl groups is 2. The molecule has 0 radical (unpaired) electrons. The zero-order chi connectivity index (χ0) is 71.1. The summed E-state index contributed by atoms with van der Waals surface area (Å²) in [7, 11) is 0. The van der Waals surface area contributed by atoms with Crippen LogP contribution >= 0.6 is 0 Å². The molecule has 1 saturated heterocycles. The summed E-state index contributed by atoms with van der Waals surface area (Å²) in [5.41, 5.74) is -3.98. The molecule has 1 aromatic carbocycles. The average molecular weight is 1320 g/mol. The second-order valence-electron chi connectivity index (χ2n) is 28.7. The predicted octanol–water partition coefficient (Wildman–Crippen LogP) is 5.14. The van der Waals surface area contributed by atoms with E-state index in [0.29, 0.717) is 45.4 Å². The Morgan fingerprint density at radius 3 is 1.69 bits per heavy atom. The lowest BCUT2D eigenvalue weighted by molar-refractivity contribution is -0.141. The van der Waals surface area contributed by atoms with E-state index in [2.05, 4.69) is 54.8 Å². The van der Waals surface area contributed by atoms with Crippen LogP contribution in [0.3, 0.4) is 0 Å². The minimum Gasteiger partial charge on any atom is -0.395 e. The molecule has 24 heteroatoms. The number of Topliss-reactive ketones (excluding diaryl/α,β-unsaturated/α-hetero) is 1. The van der Waals surface area contributed by atoms with E-state index in [0.717, 1.165) is 37.7 Å². The van der Waals surface area contributed by atoms with Gasteiger partial charge >= 0.3 is 0 Å². The number of nitrogens with one attached hydrogen (secondary N) is 9. The summed E-state index contributed by atoms with van der Waals surface area (Å²) in [6.45, 7) is 29.3. The second kappa shape index (κ2) is 41.4. The fourth-order valence-electron chi connectivity index (χ4n) is 11.5. The molecule has 0 unspecified atom stereocenters. The van der Waals surface area contributed by atoms with Crippen LogP contribution in [-0.2, 0) is 59.3 Å². The monoisotopic (exact) mass is 1320 g/mol. The number of aliphatic hydroxyl groups excluding tert-OH is 2. The van der Waals surface area contributed by atoms with Crippen LogP contribution in [0, 0.1) is 23.7 Å². The van der Waals surface area contributed by atoms with Crippen molar-refractivity contribution < 1.29 is 63.0 Å². The zero-order valence-electron chi connectivity index (χ0n) is 59.8. The van der Waals surface area contributed by atoms with Crippen molar-refractivity contribution >= 4 is 64.9 Å². The summed E-state index contributed by atoms with van der Waals surface area (Å²) >= 11 is 0. The molecule has 1 aliphatic rings. The summed E-state index contributed by atoms with van der Waals surface area (Å²) in [6, 6.07) is 4.04. The van der Waals surface area contributed by atoms with Crippen molar-refractivity contribution in [2.45, 2.75) is 285 Å². The van der Waals surface area contributed by atoms with Gasteiger partial charge in [-0.05, 0) is 129 Å². The van der Waals surface area contributed by atoms with Crippen molar-refractivity contribution in [1.82, 2.24) is 57.7 Å². The van der Waals surface area contributed by atoms with E-state index < -0.39 is 106 Å². The van der Waals surface area contributed by atoms with Crippen LogP contribution in [0.15, 0.2) is 30.3 Å². The quantitative estimate of drug-likeness (QED) is 0.0377. The molecule has 10 amide bonds. The summed E-state index contributed by atoms with van der Waals surface area (Å²) in [5, 5.41) is 45.7. The molecule has 11 N–H and O–H groups in total. The molecule has 24 nitrogen and oxygen atoms in total. The largest absolute Gasteiger partial charge is 0.395 e. The van der Waals surface area contributed by atoms with Crippen molar-refractivity contribution in [1.29, 1.82) is 0 Å². The van der Waals surface area contributed by atoms with Crippen LogP contribution in [0.2, 0.25) is 0 Å². The summed E-state index contributed by atoms with van der Waals surface area (Å²) in [5.74, 6) is -6.66. The van der Waals surface area contributed by atoms with Crippen LogP contribution in [0.4, 0.5) is 0 Å². The van der Waals surface area contributed by atoms with E-state index in [1.807, 2.05) is 83.7 Å². The Morgan fingerprint density at radius 1 is 0.596 bits per heavy atom. The maximum atomic E-state index is 14.7. The van der Waals surface area contributed by atoms with Gasteiger partial charge in [0.05, 0.1) is 12.7 Å². The zero-order valence-corrected chi connectivity index (χ0v) is 59.8. The highest BCUT2D eigenvalue weighted by atomic mass is 16.3. The van der Waals surface area contributed by atoms with Gasteiger partial charge in [0.15, 0.2) is 0 Å². The molecular weight excluding hydrogens is 1200 g/mol. The number of hydrogen-bond donors (Lipinski definition) is 11. The number of carbonyl (C=O) groups is 11. The van der Waals surface area contributed by atoms with Gasteiger partial charge in [0.1, 0.15) is 52.6 Å². The van der Waals surface area contributed by atoms with E-state index in [9.17, 15) is 63.0 Å². The molecule has 0 aromatic heterocycles. The van der Waals surface area contributed by atoms with Gasteiger partial charge in [-0.25, -0.2) is 0 Å². The Bertz CT molecular complexity index is 2600. The number of benzene rings is 1. The fourth-order valence-corrected chi connectivity index (χ4v) is 11.5. The molecule has 94 heavy (non-hydrogen) atoms. The first-order chi connectivity index (χ1) is 44.0. The fraction of sp³-hybridized carbons (Fsp3) is 0.757. The summed E-state index contributed by atoms with van der Waals surface area (Å²) in [6.07, 6.45) is 6.27. The van der Waals surface area contributed by atoms with Gasteiger partial charge in [-0.15, -0.1) is 0 Å². The Balaban J connectivity index is 2.31. The number of rotatable bonds is 45. The third-order valence-electron chi connectivity index (χ3n) is 16.9. The lowest BCUT2D eigenvalue weighted by Crippen LogP contribution is -2.66. The lowest BCUT2D eigenvalue weighted by atomic mass is 9.92. The minimum absolute atomic E-state index is 0.0124. The van der Waals surface area contributed by atoms with Crippen LogP contribution in [0.5, 0.6) is 0 Å². The van der Waals surface area contributed by atoms with Crippen LogP contribution < -0.4 is 47.9 Å². The molecular formula is C70H121N11O13. The molecule has 1 heterocycles. The van der Waals surface area contributed by atoms with Gasteiger partial charge in [0.25, 0.3) is 0 Å². The number of unbranched alkanes of at least 4 members (excludes halogenated alkanes) is 3. The van der Waals surface area contributed by atoms with Crippen LogP contribution in [0.25, 0.3) is 0 Å². The normalized spacial score (nSPS) is 16.1. The standard InChI is InChI=1S/C70H121N11O13/c1-17-20-21-23-28-47(8)40-55(76-66(93)69(13,14)79-67(94)70(15,16)78-63(90)56(41-48(9)39-52(84)42-51(83)19-3)74-64(91)57-31-26-34-81(57)59(86)27-18-2)61(88)73-54(38-46(6)7)62(89)77-68(11,12)65(92)75-53(37-45(4)5)60(87)71-33-32-58(85)72-49(10)43-80(35-36-82)44-50-29-24-22-25-30-50/h22,24-25,29-30,45-49,52-57,82,84H,17-21,23,26-28,31-44H2,1-16H3,(H,71,87)(H,72,85)(H,73,88)(H,74,91)(H,75,92)(H,76,93)(H,77,89)(H,78,90)(H,79,94)/t47-,48-,49+,52-,53+,54+,55+,56+,57+/m1/s1. The molecule has 0 saturated carbocycles. The van der Waals surface area contributed by atoms with E-state index in [4.69, 9.17) is 0 Å². The number of ketones is 1. The average Bonchev–Trinajstić information content (AvgIpc) is 1.11. The molecule has 9 atom stereocenters. The van der Waals surface area contributed by atoms with Gasteiger partial charge in [0.2, 0.25) is 59.1 Å². The van der Waals surface area contributed by atoms with E-state index in [-0.39, 0.29) is 112 Å². The number of hydrogen-bond acceptors (Lipinski definition) is 14. The van der Waals surface area contributed by atoms with E-state index >= 15 is 0 Å². The Kier molecular flexibility index (Phi) is 36.8. The highest BCUT2D eigenvalue weighted by molar-refractivity contribution is 6.00. The Morgan fingerprint density at radius 2 is 1.14 bits per heavy atom. The van der Waals surface area contributed by atoms with Crippen molar-refractivity contribution in [2.75, 3.05) is 32.8 Å². The first-order valence-corrected chi connectivity index (χ1v) is 34.6. The number of amides is 10. The highest BCUT2D eigenvalue weighted by Crippen LogP contribution is 2.23. The smallest absolute Gasteiger partial charge is 0.246 e. The SMILES string of the molecule is CCCCCC[C@@H](C)C[C@H](NC(=O)C(C)(C)NC(=O)C(C)(C)NC(=O)[C@H](C[C@H](C)C[C@@H](O)CC(=O)CC)NC(=O)[C@@H]1CCCN1C(=O)CCC)C(=O)N[C@@H](CC(C)C)C(=O)NC(C)(C)C(=O)N[C@@H](CC(C)C)C(=O)NCCC(=O)N[C@@H](C)CN(CCO)Cc1ccccc1. The molecule has 0 aliphatic carbocycles. The Labute approximate surface area is 561 Å². The summed E-state index contributed by atoms with van der Waals surface area (Å²) < 4.78 is 0. The Hall–Kier alpha value is -6.53. The second-order valence-corrected chi connectivity index (χ2v) is 28.7. The minimum atomic E-state index is -1.72. The molecule has 0 bridgehead atoms. The predicted molar refractivity (Wildman–Crippen MR) is 364 cm³/mol. The van der Waals surface area contributed by atoms with Crippen molar-refractivity contribution in [3.63, 3.8) is 0 Å². The van der Waals surface area contributed by atoms with Crippen molar-refractivity contribution in [2.24, 2.45) is 23.7 Å². The lowest BCUT2D eigenvalue weighted by Gasteiger charge is -2.35. The number of nitrogens with zero attached hydrogens (tertiary/aromatic N) is 2. The molecule has 2 rings (SSSR count). The first kappa shape index (κ1) is 83.6.